The minimum absolute atomic E-state index is 0.146. The van der Waals surface area contributed by atoms with E-state index in [-0.39, 0.29) is 11.9 Å². The average Bonchev–Trinajstić information content (AvgIpc) is 2.29. The van der Waals surface area contributed by atoms with Crippen molar-refractivity contribution in [2.45, 2.75) is 33.2 Å². The smallest absolute Gasteiger partial charge is 0.228 e. The third-order valence-electron chi connectivity index (χ3n) is 2.88. The number of carbonyl (C=O) groups excluding carboxylic acids is 1. The van der Waals surface area contributed by atoms with E-state index >= 15 is 0 Å². The third kappa shape index (κ3) is 3.86. The second-order valence-electron chi connectivity index (χ2n) is 4.40. The fourth-order valence-electron chi connectivity index (χ4n) is 1.89. The van der Waals surface area contributed by atoms with Gasteiger partial charge < -0.3 is 10.2 Å². The average molecular weight is 234 g/mol. The maximum absolute atomic E-state index is 12.1. The molecule has 3 heteroatoms. The van der Waals surface area contributed by atoms with Crippen molar-refractivity contribution in [2.75, 3.05) is 18.5 Å². The van der Waals surface area contributed by atoms with E-state index in [2.05, 4.69) is 5.32 Å². The topological polar surface area (TPSA) is 32.3 Å². The Kier molecular flexibility index (Phi) is 5.16. The molecule has 0 radical (unpaired) electrons. The molecule has 0 spiro atoms. The first kappa shape index (κ1) is 13.7. The van der Waals surface area contributed by atoms with Gasteiger partial charge in [-0.15, -0.1) is 0 Å². The van der Waals surface area contributed by atoms with Gasteiger partial charge in [-0.2, -0.15) is 0 Å². The molecule has 17 heavy (non-hydrogen) atoms. The first-order valence-corrected chi connectivity index (χ1v) is 6.11. The summed E-state index contributed by atoms with van der Waals surface area (Å²) in [6.07, 6.45) is 0.526. The Morgan fingerprint density at radius 2 is 2.06 bits per heavy atom. The summed E-state index contributed by atoms with van der Waals surface area (Å²) in [5, 5.41) is 3.25. The fraction of sp³-hybridized carbons (Fsp3) is 0.500. The van der Waals surface area contributed by atoms with Crippen molar-refractivity contribution >= 4 is 11.6 Å². The predicted molar refractivity (Wildman–Crippen MR) is 72.3 cm³/mol. The zero-order valence-electron chi connectivity index (χ0n) is 11.2. The highest BCUT2D eigenvalue weighted by Gasteiger charge is 2.15. The number of nitrogens with zero attached hydrogens (tertiary/aromatic N) is 1. The van der Waals surface area contributed by atoms with Crippen LogP contribution in [0.1, 0.15) is 25.8 Å². The zero-order chi connectivity index (χ0) is 12.8. The van der Waals surface area contributed by atoms with Gasteiger partial charge in [0.2, 0.25) is 5.91 Å². The summed E-state index contributed by atoms with van der Waals surface area (Å²) in [5.74, 6) is 0.146. The zero-order valence-corrected chi connectivity index (χ0v) is 11.2. The summed E-state index contributed by atoms with van der Waals surface area (Å²) in [6.45, 7) is 6.99. The largest absolute Gasteiger partial charge is 0.315 e. The predicted octanol–water partition coefficient (Wildman–Crippen LogP) is 2.35. The van der Waals surface area contributed by atoms with Crippen molar-refractivity contribution in [1.82, 2.24) is 5.32 Å². The van der Waals surface area contributed by atoms with Gasteiger partial charge in [0.25, 0.3) is 0 Å². The summed E-state index contributed by atoms with van der Waals surface area (Å²) >= 11 is 0. The number of para-hydroxylation sites is 1. The van der Waals surface area contributed by atoms with Gasteiger partial charge in [-0.25, -0.2) is 0 Å². The Morgan fingerprint density at radius 1 is 1.41 bits per heavy atom. The second-order valence-corrected chi connectivity index (χ2v) is 4.40. The normalized spacial score (nSPS) is 12.2. The molecule has 0 aliphatic carbocycles. The van der Waals surface area contributed by atoms with Crippen LogP contribution in [0.5, 0.6) is 0 Å². The number of benzene rings is 1. The molecule has 0 saturated carbocycles. The van der Waals surface area contributed by atoms with Crippen LogP contribution in [0.4, 0.5) is 5.69 Å². The molecule has 1 aromatic carbocycles. The molecule has 1 rings (SSSR count). The summed E-state index contributed by atoms with van der Waals surface area (Å²) in [5.41, 5.74) is 2.11. The van der Waals surface area contributed by atoms with Crippen molar-refractivity contribution in [3.63, 3.8) is 0 Å². The number of rotatable bonds is 5. The van der Waals surface area contributed by atoms with Gasteiger partial charge in [-0.3, -0.25) is 4.79 Å². The molecule has 94 valence electrons. The van der Waals surface area contributed by atoms with Crippen LogP contribution in [0.2, 0.25) is 0 Å². The number of hydrogen-bond acceptors (Lipinski definition) is 2. The molecular formula is C14H22N2O. The van der Waals surface area contributed by atoms with E-state index in [0.29, 0.717) is 6.42 Å². The van der Waals surface area contributed by atoms with E-state index in [4.69, 9.17) is 0 Å². The molecule has 1 atom stereocenters. The highest BCUT2D eigenvalue weighted by Crippen LogP contribution is 2.18. The molecule has 1 unspecified atom stereocenters. The highest BCUT2D eigenvalue weighted by atomic mass is 16.2. The summed E-state index contributed by atoms with van der Waals surface area (Å²) in [7, 11) is 1.84. The van der Waals surface area contributed by atoms with Gasteiger partial charge in [0.1, 0.15) is 0 Å². The lowest BCUT2D eigenvalue weighted by Crippen LogP contribution is -2.35. The molecule has 1 aromatic rings. The van der Waals surface area contributed by atoms with Crippen LogP contribution in [0.15, 0.2) is 24.3 Å². The fourth-order valence-corrected chi connectivity index (χ4v) is 1.89. The number of aryl methyl sites for hydroxylation is 1. The maximum atomic E-state index is 12.1. The molecule has 1 amide bonds. The number of anilines is 1. The molecule has 1 N–H and O–H groups in total. The van der Waals surface area contributed by atoms with Crippen molar-refractivity contribution in [1.29, 1.82) is 0 Å². The lowest BCUT2D eigenvalue weighted by molar-refractivity contribution is -0.118. The van der Waals surface area contributed by atoms with Crippen LogP contribution in [0, 0.1) is 6.92 Å². The third-order valence-corrected chi connectivity index (χ3v) is 2.88. The Bertz CT molecular complexity index is 376. The van der Waals surface area contributed by atoms with Crippen molar-refractivity contribution in [3.8, 4) is 0 Å². The molecule has 0 aromatic heterocycles. The minimum atomic E-state index is 0.146. The first-order valence-electron chi connectivity index (χ1n) is 6.11. The second kappa shape index (κ2) is 6.40. The Hall–Kier alpha value is -1.35. The van der Waals surface area contributed by atoms with Gasteiger partial charge in [0.05, 0.1) is 0 Å². The minimum Gasteiger partial charge on any atom is -0.315 e. The van der Waals surface area contributed by atoms with Crippen LogP contribution >= 0.6 is 0 Å². The first-order chi connectivity index (χ1) is 8.06. The van der Waals surface area contributed by atoms with Gasteiger partial charge in [0, 0.05) is 25.2 Å². The lowest BCUT2D eigenvalue weighted by Gasteiger charge is -2.21. The van der Waals surface area contributed by atoms with Gasteiger partial charge in [-0.05, 0) is 32.0 Å². The van der Waals surface area contributed by atoms with Crippen LogP contribution < -0.4 is 10.2 Å². The highest BCUT2D eigenvalue weighted by molar-refractivity contribution is 5.93. The molecule has 0 heterocycles. The molecule has 0 fully saturated rings. The lowest BCUT2D eigenvalue weighted by atomic mass is 10.1. The standard InChI is InChI=1S/C14H22N2O/c1-5-15-12(3)10-14(17)16(4)13-9-7-6-8-11(13)2/h6-9,12,15H,5,10H2,1-4H3. The van der Waals surface area contributed by atoms with Crippen molar-refractivity contribution in [2.24, 2.45) is 0 Å². The number of hydrogen-bond donors (Lipinski definition) is 1. The molecule has 0 aliphatic rings. The van der Waals surface area contributed by atoms with Crippen LogP contribution in [0.25, 0.3) is 0 Å². The molecule has 0 aliphatic heterocycles. The molecule has 0 bridgehead atoms. The van der Waals surface area contributed by atoms with Gasteiger partial charge in [0.15, 0.2) is 0 Å². The quantitative estimate of drug-likeness (QED) is 0.848. The Labute approximate surface area is 104 Å². The van der Waals surface area contributed by atoms with Crippen molar-refractivity contribution < 1.29 is 4.79 Å². The molecular weight excluding hydrogens is 212 g/mol. The maximum Gasteiger partial charge on any atom is 0.228 e. The summed E-state index contributed by atoms with van der Waals surface area (Å²) in [6, 6.07) is 8.16. The van der Waals surface area contributed by atoms with E-state index in [1.165, 1.54) is 0 Å². The monoisotopic (exact) mass is 234 g/mol. The van der Waals surface area contributed by atoms with Crippen LogP contribution in [-0.4, -0.2) is 25.5 Å². The molecule has 3 nitrogen and oxygen atoms in total. The van der Waals surface area contributed by atoms with E-state index in [1.54, 1.807) is 4.90 Å². The summed E-state index contributed by atoms with van der Waals surface area (Å²) < 4.78 is 0. The Balaban J connectivity index is 2.67. The van der Waals surface area contributed by atoms with Gasteiger partial charge in [-0.1, -0.05) is 25.1 Å². The van der Waals surface area contributed by atoms with E-state index in [0.717, 1.165) is 17.8 Å². The van der Waals surface area contributed by atoms with Crippen molar-refractivity contribution in [3.05, 3.63) is 29.8 Å². The van der Waals surface area contributed by atoms with Crippen LogP contribution in [0.3, 0.4) is 0 Å². The summed E-state index contributed by atoms with van der Waals surface area (Å²) in [4.78, 5) is 13.8. The number of amides is 1. The Morgan fingerprint density at radius 3 is 2.65 bits per heavy atom. The van der Waals surface area contributed by atoms with E-state index in [9.17, 15) is 4.79 Å². The molecule has 0 saturated heterocycles. The van der Waals surface area contributed by atoms with Crippen LogP contribution in [-0.2, 0) is 4.79 Å². The van der Waals surface area contributed by atoms with E-state index < -0.39 is 0 Å². The SMILES string of the molecule is CCNC(C)CC(=O)N(C)c1ccccc1C. The number of nitrogens with one attached hydrogen (secondary N) is 1. The van der Waals surface area contributed by atoms with Gasteiger partial charge >= 0.3 is 0 Å². The van der Waals surface area contributed by atoms with E-state index in [1.807, 2.05) is 52.1 Å². The number of carbonyl (C=O) groups is 1.